The van der Waals surface area contributed by atoms with Crippen LogP contribution in [0.1, 0.15) is 27.7 Å². The highest BCUT2D eigenvalue weighted by atomic mass is 32.2. The number of hydrogen-bond donors (Lipinski definition) is 1. The minimum absolute atomic E-state index is 0.0752. The van der Waals surface area contributed by atoms with Gasteiger partial charge in [0, 0.05) is 6.04 Å². The van der Waals surface area contributed by atoms with Crippen molar-refractivity contribution < 1.29 is 8.42 Å². The van der Waals surface area contributed by atoms with Gasteiger partial charge in [0.15, 0.2) is 0 Å². The van der Waals surface area contributed by atoms with E-state index in [0.717, 1.165) is 11.1 Å². The molecule has 0 aromatic heterocycles. The topological polar surface area (TPSA) is 46.2 Å². The molecule has 2 rings (SSSR count). The van der Waals surface area contributed by atoms with Crippen LogP contribution in [0.2, 0.25) is 0 Å². The van der Waals surface area contributed by atoms with Crippen LogP contribution in [0, 0.1) is 11.8 Å². The quantitative estimate of drug-likeness (QED) is 0.857. The van der Waals surface area contributed by atoms with Gasteiger partial charge in [-0.3, -0.25) is 0 Å². The second kappa shape index (κ2) is 7.28. The maximum atomic E-state index is 12.6. The van der Waals surface area contributed by atoms with Crippen LogP contribution >= 0.6 is 0 Å². The number of nitrogens with one attached hydrogen (secondary N) is 1. The molecule has 0 atom stereocenters. The van der Waals surface area contributed by atoms with Crippen molar-refractivity contribution in [3.63, 3.8) is 0 Å². The Hall–Kier alpha value is -1.65. The summed E-state index contributed by atoms with van der Waals surface area (Å²) < 4.78 is 28.0. The lowest BCUT2D eigenvalue weighted by molar-refractivity contribution is 0.355. The van der Waals surface area contributed by atoms with Gasteiger partial charge in [-0.2, -0.15) is 0 Å². The SMILES string of the molecule is CC(C)C(NS(=O)(=O)c1ccc(-c2ccccc2)cc1)C(C)C. The van der Waals surface area contributed by atoms with E-state index in [1.807, 2.05) is 70.2 Å². The van der Waals surface area contributed by atoms with E-state index in [2.05, 4.69) is 4.72 Å². The van der Waals surface area contributed by atoms with Gasteiger partial charge < -0.3 is 0 Å². The van der Waals surface area contributed by atoms with E-state index in [1.54, 1.807) is 12.1 Å². The monoisotopic (exact) mass is 331 g/mol. The molecule has 0 amide bonds. The molecule has 0 unspecified atom stereocenters. The minimum atomic E-state index is -3.50. The van der Waals surface area contributed by atoms with Crippen LogP contribution in [-0.2, 0) is 10.0 Å². The molecule has 23 heavy (non-hydrogen) atoms. The summed E-state index contributed by atoms with van der Waals surface area (Å²) in [5, 5.41) is 0. The van der Waals surface area contributed by atoms with Gasteiger partial charge in [-0.05, 0) is 35.1 Å². The summed E-state index contributed by atoms with van der Waals surface area (Å²) in [5.41, 5.74) is 2.08. The van der Waals surface area contributed by atoms with Gasteiger partial charge in [0.1, 0.15) is 0 Å². The highest BCUT2D eigenvalue weighted by Gasteiger charge is 2.24. The van der Waals surface area contributed by atoms with Gasteiger partial charge >= 0.3 is 0 Å². The van der Waals surface area contributed by atoms with E-state index in [9.17, 15) is 8.42 Å². The van der Waals surface area contributed by atoms with Crippen LogP contribution in [0.4, 0.5) is 0 Å². The second-order valence-electron chi connectivity index (χ2n) is 6.53. The summed E-state index contributed by atoms with van der Waals surface area (Å²) in [6.45, 7) is 8.13. The Balaban J connectivity index is 2.24. The summed E-state index contributed by atoms with van der Waals surface area (Å²) in [7, 11) is -3.50. The zero-order valence-corrected chi connectivity index (χ0v) is 15.0. The third-order valence-corrected chi connectivity index (χ3v) is 5.47. The molecule has 0 heterocycles. The van der Waals surface area contributed by atoms with Crippen molar-refractivity contribution in [1.82, 2.24) is 4.72 Å². The van der Waals surface area contributed by atoms with Crippen LogP contribution in [0.5, 0.6) is 0 Å². The molecule has 4 heteroatoms. The van der Waals surface area contributed by atoms with Crippen molar-refractivity contribution in [3.05, 3.63) is 54.6 Å². The second-order valence-corrected chi connectivity index (χ2v) is 8.24. The van der Waals surface area contributed by atoms with Gasteiger partial charge in [0.25, 0.3) is 0 Å². The van der Waals surface area contributed by atoms with Crippen LogP contribution < -0.4 is 4.72 Å². The number of rotatable bonds is 6. The van der Waals surface area contributed by atoms with E-state index >= 15 is 0 Å². The third-order valence-electron chi connectivity index (χ3n) is 4.00. The maximum absolute atomic E-state index is 12.6. The van der Waals surface area contributed by atoms with Crippen molar-refractivity contribution in [3.8, 4) is 11.1 Å². The molecule has 0 aliphatic rings. The largest absolute Gasteiger partial charge is 0.240 e. The normalized spacial score (nSPS) is 12.3. The Bertz CT molecular complexity index is 712. The summed E-state index contributed by atoms with van der Waals surface area (Å²) in [6, 6.07) is 16.9. The van der Waals surface area contributed by atoms with E-state index in [1.165, 1.54) is 0 Å². The zero-order valence-electron chi connectivity index (χ0n) is 14.2. The Kier molecular flexibility index (Phi) is 5.60. The lowest BCUT2D eigenvalue weighted by atomic mass is 9.94. The first-order chi connectivity index (χ1) is 10.8. The molecule has 0 aliphatic heterocycles. The fourth-order valence-corrected chi connectivity index (χ4v) is 4.28. The molecule has 2 aromatic rings. The van der Waals surface area contributed by atoms with Gasteiger partial charge in [0.2, 0.25) is 10.0 Å². The number of sulfonamides is 1. The van der Waals surface area contributed by atoms with Crippen LogP contribution in [0.3, 0.4) is 0 Å². The summed E-state index contributed by atoms with van der Waals surface area (Å²) >= 11 is 0. The summed E-state index contributed by atoms with van der Waals surface area (Å²) in [4.78, 5) is 0.309. The zero-order chi connectivity index (χ0) is 17.0. The average Bonchev–Trinajstić information content (AvgIpc) is 2.53. The van der Waals surface area contributed by atoms with E-state index in [-0.39, 0.29) is 17.9 Å². The Morgan fingerprint density at radius 1 is 0.739 bits per heavy atom. The standard InChI is InChI=1S/C19H25NO2S/c1-14(2)19(15(3)4)20-23(21,22)18-12-10-17(11-13-18)16-8-6-5-7-9-16/h5-15,19-20H,1-4H3. The van der Waals surface area contributed by atoms with E-state index in [0.29, 0.717) is 4.90 Å². The molecule has 124 valence electrons. The Morgan fingerprint density at radius 3 is 1.70 bits per heavy atom. The molecule has 0 spiro atoms. The molecular weight excluding hydrogens is 306 g/mol. The van der Waals surface area contributed by atoms with Gasteiger partial charge in [-0.15, -0.1) is 0 Å². The number of benzene rings is 2. The van der Waals surface area contributed by atoms with Crippen molar-refractivity contribution in [2.45, 2.75) is 38.6 Å². The van der Waals surface area contributed by atoms with Crippen molar-refractivity contribution in [2.75, 3.05) is 0 Å². The predicted octanol–water partition coefficient (Wildman–Crippen LogP) is 4.31. The van der Waals surface area contributed by atoms with Crippen molar-refractivity contribution in [2.24, 2.45) is 11.8 Å². The molecule has 1 N–H and O–H groups in total. The molecule has 0 radical (unpaired) electrons. The Labute approximate surface area is 139 Å². The molecule has 2 aromatic carbocycles. The molecule has 0 saturated heterocycles. The first-order valence-electron chi connectivity index (χ1n) is 7.99. The lowest BCUT2D eigenvalue weighted by Crippen LogP contribution is -2.42. The van der Waals surface area contributed by atoms with Crippen LogP contribution in [0.15, 0.2) is 59.5 Å². The highest BCUT2D eigenvalue weighted by Crippen LogP contribution is 2.22. The predicted molar refractivity (Wildman–Crippen MR) is 95.7 cm³/mol. The van der Waals surface area contributed by atoms with Gasteiger partial charge in [-0.25, -0.2) is 13.1 Å². The van der Waals surface area contributed by atoms with E-state index < -0.39 is 10.0 Å². The third kappa shape index (κ3) is 4.43. The summed E-state index contributed by atoms with van der Waals surface area (Å²) in [5.74, 6) is 0.488. The van der Waals surface area contributed by atoms with Crippen molar-refractivity contribution in [1.29, 1.82) is 0 Å². The smallest absolute Gasteiger partial charge is 0.208 e. The lowest BCUT2D eigenvalue weighted by Gasteiger charge is -2.25. The fourth-order valence-electron chi connectivity index (χ4n) is 2.75. The van der Waals surface area contributed by atoms with Gasteiger partial charge in [-0.1, -0.05) is 70.2 Å². The molecule has 3 nitrogen and oxygen atoms in total. The van der Waals surface area contributed by atoms with Crippen molar-refractivity contribution >= 4 is 10.0 Å². The number of hydrogen-bond acceptors (Lipinski definition) is 2. The highest BCUT2D eigenvalue weighted by molar-refractivity contribution is 7.89. The van der Waals surface area contributed by atoms with E-state index in [4.69, 9.17) is 0 Å². The maximum Gasteiger partial charge on any atom is 0.240 e. The molecular formula is C19H25NO2S. The molecule has 0 saturated carbocycles. The minimum Gasteiger partial charge on any atom is -0.208 e. The average molecular weight is 331 g/mol. The molecule has 0 bridgehead atoms. The fraction of sp³-hybridized carbons (Fsp3) is 0.368. The first-order valence-corrected chi connectivity index (χ1v) is 9.47. The summed E-state index contributed by atoms with van der Waals surface area (Å²) in [6.07, 6.45) is 0. The molecule has 0 fully saturated rings. The first kappa shape index (κ1) is 17.7. The van der Waals surface area contributed by atoms with Gasteiger partial charge in [0.05, 0.1) is 4.90 Å². The van der Waals surface area contributed by atoms with Crippen LogP contribution in [-0.4, -0.2) is 14.5 Å². The van der Waals surface area contributed by atoms with Crippen LogP contribution in [0.25, 0.3) is 11.1 Å². The Morgan fingerprint density at radius 2 is 1.22 bits per heavy atom. The molecule has 0 aliphatic carbocycles.